The van der Waals surface area contributed by atoms with Crippen LogP contribution in [0.4, 0.5) is 4.39 Å². The fraction of sp³-hybridized carbons (Fsp3) is 0.167. The molecule has 0 aliphatic heterocycles. The molecule has 0 spiro atoms. The number of Topliss-reactive ketones (excluding diaryl/α,β-unsaturated/α-hetero) is 1. The molecule has 0 radical (unpaired) electrons. The molecule has 1 aromatic heterocycles. The summed E-state index contributed by atoms with van der Waals surface area (Å²) in [6.07, 6.45) is 3.46. The largest absolute Gasteiger partial charge is 0.360 e. The summed E-state index contributed by atoms with van der Waals surface area (Å²) in [5, 5.41) is 0.795. The van der Waals surface area contributed by atoms with Crippen molar-refractivity contribution in [2.75, 3.05) is 0 Å². The number of aromatic amines is 1. The minimum atomic E-state index is -0.384. The van der Waals surface area contributed by atoms with Gasteiger partial charge in [-0.25, -0.2) is 4.39 Å². The second-order valence-electron chi connectivity index (χ2n) is 5.67. The summed E-state index contributed by atoms with van der Waals surface area (Å²) < 4.78 is 13.3. The van der Waals surface area contributed by atoms with Crippen molar-refractivity contribution in [3.63, 3.8) is 0 Å². The van der Waals surface area contributed by atoms with Crippen LogP contribution in [0, 0.1) is 5.82 Å². The predicted molar refractivity (Wildman–Crippen MR) is 79.9 cm³/mol. The van der Waals surface area contributed by atoms with Gasteiger partial charge in [0.25, 0.3) is 0 Å². The molecule has 1 aliphatic carbocycles. The number of carbonyl (C=O) groups is 1. The van der Waals surface area contributed by atoms with Crippen molar-refractivity contribution >= 4 is 16.7 Å². The summed E-state index contributed by atoms with van der Waals surface area (Å²) in [5.74, 6) is -0.167. The lowest BCUT2D eigenvalue weighted by atomic mass is 9.87. The van der Waals surface area contributed by atoms with E-state index in [9.17, 15) is 9.18 Å². The first kappa shape index (κ1) is 12.3. The number of H-pyrrole nitrogens is 1. The van der Waals surface area contributed by atoms with Gasteiger partial charge in [-0.2, -0.15) is 0 Å². The van der Waals surface area contributed by atoms with Gasteiger partial charge in [0, 0.05) is 22.7 Å². The molecule has 1 saturated carbocycles. The number of hydrogen-bond donors (Lipinski definition) is 1. The molecule has 3 heteroatoms. The highest BCUT2D eigenvalue weighted by Crippen LogP contribution is 2.51. The second kappa shape index (κ2) is 4.29. The molecule has 0 atom stereocenters. The molecule has 0 unspecified atom stereocenters. The number of rotatable bonds is 3. The SMILES string of the molecule is O=C(c1c[nH]c2cc(F)ccc12)C1(c2ccccc2)CC1. The number of carbonyl (C=O) groups excluding carboxylic acids is 1. The minimum Gasteiger partial charge on any atom is -0.360 e. The van der Waals surface area contributed by atoms with Crippen LogP contribution in [0.3, 0.4) is 0 Å². The summed E-state index contributed by atoms with van der Waals surface area (Å²) in [5.41, 5.74) is 2.02. The van der Waals surface area contributed by atoms with Crippen molar-refractivity contribution in [2.24, 2.45) is 0 Å². The number of aromatic nitrogens is 1. The van der Waals surface area contributed by atoms with E-state index in [-0.39, 0.29) is 17.0 Å². The third-order valence-corrected chi connectivity index (χ3v) is 4.40. The molecule has 0 bridgehead atoms. The highest BCUT2D eigenvalue weighted by Gasteiger charge is 2.51. The minimum absolute atomic E-state index is 0.131. The maximum Gasteiger partial charge on any atom is 0.175 e. The lowest BCUT2D eigenvalue weighted by Crippen LogP contribution is -2.20. The fourth-order valence-electron chi connectivity index (χ4n) is 3.07. The van der Waals surface area contributed by atoms with Gasteiger partial charge in [0.2, 0.25) is 0 Å². The van der Waals surface area contributed by atoms with Crippen LogP contribution in [0.1, 0.15) is 28.8 Å². The van der Waals surface area contributed by atoms with E-state index in [0.717, 1.165) is 23.8 Å². The van der Waals surface area contributed by atoms with E-state index in [0.29, 0.717) is 11.1 Å². The van der Waals surface area contributed by atoms with Crippen LogP contribution in [0.5, 0.6) is 0 Å². The van der Waals surface area contributed by atoms with Crippen molar-refractivity contribution in [3.8, 4) is 0 Å². The lowest BCUT2D eigenvalue weighted by Gasteiger charge is -2.13. The number of ketones is 1. The van der Waals surface area contributed by atoms with Gasteiger partial charge in [0.15, 0.2) is 5.78 Å². The zero-order valence-corrected chi connectivity index (χ0v) is 11.4. The summed E-state index contributed by atoms with van der Waals surface area (Å²) in [6.45, 7) is 0. The van der Waals surface area contributed by atoms with Crippen LogP contribution in [0.15, 0.2) is 54.7 Å². The van der Waals surface area contributed by atoms with Gasteiger partial charge < -0.3 is 4.98 Å². The Morgan fingerprint density at radius 3 is 2.57 bits per heavy atom. The number of fused-ring (bicyclic) bond motifs is 1. The quantitative estimate of drug-likeness (QED) is 0.715. The standard InChI is InChI=1S/C18H14FNO/c19-13-6-7-14-15(11-20-16(14)10-13)17(21)18(8-9-18)12-4-2-1-3-5-12/h1-7,10-11,20H,8-9H2. The van der Waals surface area contributed by atoms with E-state index in [4.69, 9.17) is 0 Å². The molecule has 104 valence electrons. The van der Waals surface area contributed by atoms with E-state index in [2.05, 4.69) is 4.98 Å². The Hall–Kier alpha value is -2.42. The first-order chi connectivity index (χ1) is 10.2. The second-order valence-corrected chi connectivity index (χ2v) is 5.67. The van der Waals surface area contributed by atoms with Gasteiger partial charge >= 0.3 is 0 Å². The van der Waals surface area contributed by atoms with Crippen molar-refractivity contribution < 1.29 is 9.18 Å². The number of benzene rings is 2. The summed E-state index contributed by atoms with van der Waals surface area (Å²) >= 11 is 0. The normalized spacial score (nSPS) is 16.0. The van der Waals surface area contributed by atoms with Crippen molar-refractivity contribution in [1.29, 1.82) is 0 Å². The molecule has 2 aromatic carbocycles. The van der Waals surface area contributed by atoms with Gasteiger partial charge in [-0.15, -0.1) is 0 Å². The Morgan fingerprint density at radius 1 is 1.10 bits per heavy atom. The monoisotopic (exact) mass is 279 g/mol. The Balaban J connectivity index is 1.81. The van der Waals surface area contributed by atoms with E-state index >= 15 is 0 Å². The Morgan fingerprint density at radius 2 is 1.86 bits per heavy atom. The van der Waals surface area contributed by atoms with E-state index < -0.39 is 0 Å². The zero-order valence-electron chi connectivity index (χ0n) is 11.4. The smallest absolute Gasteiger partial charge is 0.175 e. The first-order valence-corrected chi connectivity index (χ1v) is 7.08. The summed E-state index contributed by atoms with van der Waals surface area (Å²) in [6, 6.07) is 14.4. The van der Waals surface area contributed by atoms with Gasteiger partial charge in [0.05, 0.1) is 5.41 Å². The molecule has 1 N–H and O–H groups in total. The van der Waals surface area contributed by atoms with Crippen LogP contribution in [0.2, 0.25) is 0 Å². The summed E-state index contributed by atoms with van der Waals surface area (Å²) in [7, 11) is 0. The molecule has 4 rings (SSSR count). The number of nitrogens with one attached hydrogen (secondary N) is 1. The fourth-order valence-corrected chi connectivity index (χ4v) is 3.07. The molecule has 3 aromatic rings. The van der Waals surface area contributed by atoms with Crippen LogP contribution >= 0.6 is 0 Å². The third-order valence-electron chi connectivity index (χ3n) is 4.40. The first-order valence-electron chi connectivity index (χ1n) is 7.08. The molecule has 1 fully saturated rings. The molecular formula is C18H14FNO. The molecule has 1 heterocycles. The van der Waals surface area contributed by atoms with Crippen molar-refractivity contribution in [2.45, 2.75) is 18.3 Å². The average molecular weight is 279 g/mol. The lowest BCUT2D eigenvalue weighted by molar-refractivity contribution is 0.0948. The van der Waals surface area contributed by atoms with E-state index in [1.54, 1.807) is 12.3 Å². The van der Waals surface area contributed by atoms with Crippen LogP contribution in [-0.4, -0.2) is 10.8 Å². The molecule has 1 aliphatic rings. The highest BCUT2D eigenvalue weighted by molar-refractivity contribution is 6.14. The maximum absolute atomic E-state index is 13.3. The number of hydrogen-bond acceptors (Lipinski definition) is 1. The van der Waals surface area contributed by atoms with Gasteiger partial charge in [-0.1, -0.05) is 30.3 Å². The van der Waals surface area contributed by atoms with E-state index in [1.807, 2.05) is 30.3 Å². The molecular weight excluding hydrogens is 265 g/mol. The zero-order chi connectivity index (χ0) is 14.4. The Kier molecular flexibility index (Phi) is 2.52. The molecule has 21 heavy (non-hydrogen) atoms. The molecule has 0 amide bonds. The average Bonchev–Trinajstić information content (AvgIpc) is 3.22. The van der Waals surface area contributed by atoms with Crippen LogP contribution < -0.4 is 0 Å². The Labute approximate surface area is 121 Å². The van der Waals surface area contributed by atoms with Crippen molar-refractivity contribution in [3.05, 3.63) is 71.7 Å². The summed E-state index contributed by atoms with van der Waals surface area (Å²) in [4.78, 5) is 16.0. The molecule has 0 saturated heterocycles. The van der Waals surface area contributed by atoms with Crippen LogP contribution in [0.25, 0.3) is 10.9 Å². The van der Waals surface area contributed by atoms with Gasteiger partial charge in [0.1, 0.15) is 5.82 Å². The highest BCUT2D eigenvalue weighted by atomic mass is 19.1. The third kappa shape index (κ3) is 1.81. The van der Waals surface area contributed by atoms with E-state index in [1.165, 1.54) is 12.1 Å². The predicted octanol–water partition coefficient (Wildman–Crippen LogP) is 4.22. The molecule has 2 nitrogen and oxygen atoms in total. The topological polar surface area (TPSA) is 32.9 Å². The van der Waals surface area contributed by atoms with Gasteiger partial charge in [-0.3, -0.25) is 4.79 Å². The Bertz CT molecular complexity index is 831. The number of halogens is 1. The van der Waals surface area contributed by atoms with Gasteiger partial charge in [-0.05, 0) is 36.6 Å². The van der Waals surface area contributed by atoms with Crippen molar-refractivity contribution in [1.82, 2.24) is 4.98 Å². The van der Waals surface area contributed by atoms with Crippen LogP contribution in [-0.2, 0) is 5.41 Å². The maximum atomic E-state index is 13.3.